The topological polar surface area (TPSA) is 55.6 Å². The van der Waals surface area contributed by atoms with Gasteiger partial charge in [-0.1, -0.05) is 20.8 Å². The average Bonchev–Trinajstić information content (AvgIpc) is 2.89. The second-order valence-corrected chi connectivity index (χ2v) is 4.87. The summed E-state index contributed by atoms with van der Waals surface area (Å²) >= 11 is 0. The maximum absolute atomic E-state index is 4.65. The summed E-state index contributed by atoms with van der Waals surface area (Å²) in [6, 6.07) is 2.15. The number of aromatic nitrogens is 4. The molecule has 108 valence electrons. The van der Waals surface area contributed by atoms with Gasteiger partial charge >= 0.3 is 0 Å². The quantitative estimate of drug-likeness (QED) is 0.879. The van der Waals surface area contributed by atoms with E-state index < -0.39 is 0 Å². The molecule has 0 fully saturated rings. The smallest absolute Gasteiger partial charge is 0.224 e. The van der Waals surface area contributed by atoms with E-state index in [1.165, 1.54) is 5.69 Å². The molecular weight excluding hydrogens is 250 g/mol. The van der Waals surface area contributed by atoms with Crippen molar-refractivity contribution in [1.29, 1.82) is 0 Å². The molecule has 0 bridgehead atoms. The molecule has 2 aromatic rings. The molecule has 0 atom stereocenters. The highest BCUT2D eigenvalue weighted by Gasteiger charge is 2.12. The van der Waals surface area contributed by atoms with Crippen LogP contribution in [0.3, 0.4) is 0 Å². The van der Waals surface area contributed by atoms with E-state index in [0.717, 1.165) is 42.9 Å². The van der Waals surface area contributed by atoms with E-state index in [-0.39, 0.29) is 0 Å². The Kier molecular flexibility index (Phi) is 4.71. The molecule has 0 aliphatic carbocycles. The molecule has 5 nitrogen and oxygen atoms in total. The van der Waals surface area contributed by atoms with Crippen LogP contribution in [0, 0.1) is 6.92 Å². The van der Waals surface area contributed by atoms with Gasteiger partial charge in [-0.3, -0.25) is 0 Å². The van der Waals surface area contributed by atoms with Gasteiger partial charge in [0.2, 0.25) is 5.95 Å². The molecule has 2 aromatic heterocycles. The Bertz CT molecular complexity index is 574. The van der Waals surface area contributed by atoms with E-state index in [4.69, 9.17) is 0 Å². The highest BCUT2D eigenvalue weighted by Crippen LogP contribution is 2.16. The molecule has 0 spiro atoms. The van der Waals surface area contributed by atoms with E-state index in [9.17, 15) is 0 Å². The molecule has 0 aromatic carbocycles. The van der Waals surface area contributed by atoms with Crippen LogP contribution in [0.4, 0.5) is 5.95 Å². The second kappa shape index (κ2) is 6.50. The summed E-state index contributed by atoms with van der Waals surface area (Å²) < 4.78 is 1.95. The average molecular weight is 273 g/mol. The molecule has 2 rings (SSSR count). The number of rotatable bonds is 6. The first-order valence-corrected chi connectivity index (χ1v) is 7.35. The summed E-state index contributed by atoms with van der Waals surface area (Å²) in [5.74, 6) is 1.54. The minimum absolute atomic E-state index is 0.669. The third kappa shape index (κ3) is 2.98. The number of nitrogens with one attached hydrogen (secondary N) is 1. The molecule has 0 aliphatic heterocycles. The normalized spacial score (nSPS) is 10.8. The van der Waals surface area contributed by atoms with Crippen molar-refractivity contribution in [1.82, 2.24) is 19.7 Å². The van der Waals surface area contributed by atoms with Gasteiger partial charge in [-0.2, -0.15) is 10.1 Å². The summed E-state index contributed by atoms with van der Waals surface area (Å²) in [5, 5.41) is 7.88. The number of anilines is 1. The van der Waals surface area contributed by atoms with E-state index in [2.05, 4.69) is 47.2 Å². The van der Waals surface area contributed by atoms with Crippen molar-refractivity contribution in [2.45, 2.75) is 47.0 Å². The second-order valence-electron chi connectivity index (χ2n) is 4.87. The van der Waals surface area contributed by atoms with Crippen molar-refractivity contribution in [3.8, 4) is 5.82 Å². The Labute approximate surface area is 120 Å². The highest BCUT2D eigenvalue weighted by atomic mass is 15.3. The van der Waals surface area contributed by atoms with Gasteiger partial charge in [-0.25, -0.2) is 9.67 Å². The van der Waals surface area contributed by atoms with Gasteiger partial charge < -0.3 is 5.32 Å². The van der Waals surface area contributed by atoms with Gasteiger partial charge in [0.25, 0.3) is 0 Å². The lowest BCUT2D eigenvalue weighted by Gasteiger charge is -2.10. The molecule has 0 amide bonds. The summed E-state index contributed by atoms with van der Waals surface area (Å²) in [5.41, 5.74) is 3.32. The van der Waals surface area contributed by atoms with Crippen LogP contribution >= 0.6 is 0 Å². The first kappa shape index (κ1) is 14.5. The van der Waals surface area contributed by atoms with Gasteiger partial charge in [0, 0.05) is 24.0 Å². The minimum Gasteiger partial charge on any atom is -0.354 e. The Hall–Kier alpha value is -1.91. The van der Waals surface area contributed by atoms with E-state index in [0.29, 0.717) is 5.95 Å². The van der Waals surface area contributed by atoms with Crippen LogP contribution in [0.5, 0.6) is 0 Å². The first-order chi connectivity index (χ1) is 9.69. The molecular formula is C15H23N5. The predicted molar refractivity (Wildman–Crippen MR) is 81.4 cm³/mol. The van der Waals surface area contributed by atoms with Crippen LogP contribution in [-0.4, -0.2) is 26.3 Å². The van der Waals surface area contributed by atoms with Gasteiger partial charge in [0.05, 0.1) is 5.69 Å². The maximum atomic E-state index is 4.65. The van der Waals surface area contributed by atoms with Crippen molar-refractivity contribution in [3.05, 3.63) is 29.2 Å². The molecule has 0 unspecified atom stereocenters. The number of hydrogen-bond acceptors (Lipinski definition) is 4. The number of aryl methyl sites for hydroxylation is 3. The van der Waals surface area contributed by atoms with Crippen LogP contribution in [0.1, 0.15) is 44.1 Å². The molecule has 5 heteroatoms. The van der Waals surface area contributed by atoms with Crippen molar-refractivity contribution < 1.29 is 0 Å². The molecule has 2 heterocycles. The van der Waals surface area contributed by atoms with Crippen molar-refractivity contribution in [2.75, 3.05) is 11.9 Å². The third-order valence-corrected chi connectivity index (χ3v) is 3.24. The van der Waals surface area contributed by atoms with Crippen LogP contribution in [0.25, 0.3) is 5.82 Å². The first-order valence-electron chi connectivity index (χ1n) is 7.35. The zero-order valence-corrected chi connectivity index (χ0v) is 12.8. The summed E-state index contributed by atoms with van der Waals surface area (Å²) in [7, 11) is 0. The van der Waals surface area contributed by atoms with Crippen LogP contribution in [0.2, 0.25) is 0 Å². The van der Waals surface area contributed by atoms with Gasteiger partial charge in [0.15, 0.2) is 5.82 Å². The SMILES string of the molecule is CCCNc1ncc(C)c(-n2nc(CC)cc2CC)n1. The Morgan fingerprint density at radius 2 is 2.00 bits per heavy atom. The monoisotopic (exact) mass is 273 g/mol. The molecule has 1 N–H and O–H groups in total. The summed E-state index contributed by atoms with van der Waals surface area (Å²) in [6.45, 7) is 9.28. The Balaban J connectivity index is 2.42. The molecule has 0 radical (unpaired) electrons. The summed E-state index contributed by atoms with van der Waals surface area (Å²) in [6.07, 6.45) is 4.78. The fourth-order valence-electron chi connectivity index (χ4n) is 2.05. The van der Waals surface area contributed by atoms with Gasteiger partial charge in [-0.05, 0) is 32.3 Å². The van der Waals surface area contributed by atoms with Gasteiger partial charge in [-0.15, -0.1) is 0 Å². The highest BCUT2D eigenvalue weighted by molar-refractivity contribution is 5.39. The largest absolute Gasteiger partial charge is 0.354 e. The lowest BCUT2D eigenvalue weighted by molar-refractivity contribution is 0.762. The number of nitrogens with zero attached hydrogens (tertiary/aromatic N) is 4. The lowest BCUT2D eigenvalue weighted by Crippen LogP contribution is -2.11. The van der Waals surface area contributed by atoms with E-state index >= 15 is 0 Å². The molecule has 0 aliphatic rings. The maximum Gasteiger partial charge on any atom is 0.224 e. The van der Waals surface area contributed by atoms with Crippen LogP contribution in [-0.2, 0) is 12.8 Å². The molecule has 20 heavy (non-hydrogen) atoms. The van der Waals surface area contributed by atoms with E-state index in [1.807, 2.05) is 17.8 Å². The fourth-order valence-corrected chi connectivity index (χ4v) is 2.05. The number of hydrogen-bond donors (Lipinski definition) is 1. The standard InChI is InChI=1S/C15H23N5/c1-5-8-16-15-17-10-11(4)14(18-15)20-13(7-3)9-12(6-2)19-20/h9-10H,5-8H2,1-4H3,(H,16,17,18). The fraction of sp³-hybridized carbons (Fsp3) is 0.533. The molecule has 0 saturated carbocycles. The third-order valence-electron chi connectivity index (χ3n) is 3.24. The Morgan fingerprint density at radius 3 is 2.65 bits per heavy atom. The Morgan fingerprint density at radius 1 is 1.20 bits per heavy atom. The minimum atomic E-state index is 0.669. The van der Waals surface area contributed by atoms with Crippen molar-refractivity contribution in [2.24, 2.45) is 0 Å². The summed E-state index contributed by atoms with van der Waals surface area (Å²) in [4.78, 5) is 8.94. The van der Waals surface area contributed by atoms with Crippen molar-refractivity contribution in [3.63, 3.8) is 0 Å². The van der Waals surface area contributed by atoms with Crippen LogP contribution in [0.15, 0.2) is 12.3 Å². The van der Waals surface area contributed by atoms with Gasteiger partial charge in [0.1, 0.15) is 0 Å². The zero-order valence-electron chi connectivity index (χ0n) is 12.8. The lowest BCUT2D eigenvalue weighted by atomic mass is 10.2. The van der Waals surface area contributed by atoms with Crippen LogP contribution < -0.4 is 5.32 Å². The molecule has 0 saturated heterocycles. The van der Waals surface area contributed by atoms with Crippen molar-refractivity contribution >= 4 is 5.95 Å². The zero-order chi connectivity index (χ0) is 14.5. The van der Waals surface area contributed by atoms with E-state index in [1.54, 1.807) is 0 Å². The predicted octanol–water partition coefficient (Wildman–Crippen LogP) is 2.92.